The summed E-state index contributed by atoms with van der Waals surface area (Å²) in [5.74, 6) is 3.25. The summed E-state index contributed by atoms with van der Waals surface area (Å²) in [5, 5.41) is 0. The molecule has 3 aliphatic carbocycles. The highest BCUT2D eigenvalue weighted by molar-refractivity contribution is 5.30. The van der Waals surface area contributed by atoms with Gasteiger partial charge in [-0.1, -0.05) is 64.5 Å². The van der Waals surface area contributed by atoms with Crippen LogP contribution in [0, 0.1) is 34.5 Å². The molecule has 0 radical (unpaired) electrons. The molecule has 27 heavy (non-hydrogen) atoms. The molecule has 3 rings (SSSR count). The molecule has 3 fully saturated rings. The average molecular weight is 370 g/mol. The van der Waals surface area contributed by atoms with E-state index < -0.39 is 0 Å². The van der Waals surface area contributed by atoms with Crippen LogP contribution in [0.5, 0.6) is 0 Å². The maximum atomic E-state index is 6.82. The first-order valence-electron chi connectivity index (χ1n) is 11.6. The van der Waals surface area contributed by atoms with Crippen molar-refractivity contribution in [1.29, 1.82) is 0 Å². The van der Waals surface area contributed by atoms with Gasteiger partial charge in [0.2, 0.25) is 0 Å². The summed E-state index contributed by atoms with van der Waals surface area (Å²) in [6.07, 6.45) is 17.2. The number of hydrogen-bond donors (Lipinski definition) is 1. The van der Waals surface area contributed by atoms with Crippen molar-refractivity contribution in [3.63, 3.8) is 0 Å². The van der Waals surface area contributed by atoms with Crippen molar-refractivity contribution < 1.29 is 0 Å². The third-order valence-electron chi connectivity index (χ3n) is 8.98. The second-order valence-corrected chi connectivity index (χ2v) is 10.3. The van der Waals surface area contributed by atoms with Gasteiger partial charge in [0.25, 0.3) is 0 Å². The molecule has 152 valence electrons. The molecular weight excluding hydrogens is 326 g/mol. The van der Waals surface area contributed by atoms with Crippen LogP contribution in [-0.2, 0) is 0 Å². The van der Waals surface area contributed by atoms with Crippen LogP contribution in [0.1, 0.15) is 86.0 Å². The molecule has 0 saturated heterocycles. The SMILES string of the molecule is C=C/C=C1/C(N)CC2C(CCC3(C)C(/C(C)=C/CC)CCC23)C1(C)CCC. The Labute approximate surface area is 168 Å². The minimum atomic E-state index is 0.217. The molecule has 0 aromatic heterocycles. The molecule has 0 aromatic rings. The first kappa shape index (κ1) is 20.9. The molecule has 0 bridgehead atoms. The maximum Gasteiger partial charge on any atom is 0.0265 e. The van der Waals surface area contributed by atoms with E-state index in [4.69, 9.17) is 5.73 Å². The second-order valence-electron chi connectivity index (χ2n) is 10.3. The lowest BCUT2D eigenvalue weighted by Gasteiger charge is -2.59. The molecule has 0 heterocycles. The third-order valence-corrected chi connectivity index (χ3v) is 8.98. The zero-order valence-corrected chi connectivity index (χ0v) is 18.6. The van der Waals surface area contributed by atoms with Crippen molar-refractivity contribution in [2.45, 2.75) is 92.0 Å². The molecule has 0 aromatic carbocycles. The van der Waals surface area contributed by atoms with Crippen LogP contribution in [0.15, 0.2) is 36.0 Å². The van der Waals surface area contributed by atoms with E-state index in [-0.39, 0.29) is 11.5 Å². The molecule has 1 nitrogen and oxygen atoms in total. The fraction of sp³-hybridized carbons (Fsp3) is 0.769. The molecule has 3 saturated carbocycles. The molecule has 7 atom stereocenters. The van der Waals surface area contributed by atoms with Gasteiger partial charge in [-0.05, 0) is 91.9 Å². The highest BCUT2D eigenvalue weighted by Gasteiger charge is 2.59. The number of nitrogens with two attached hydrogens (primary N) is 1. The predicted octanol–water partition coefficient (Wildman–Crippen LogP) is 7.05. The quantitative estimate of drug-likeness (QED) is 0.516. The number of hydrogen-bond acceptors (Lipinski definition) is 1. The number of rotatable bonds is 5. The lowest BCUT2D eigenvalue weighted by molar-refractivity contribution is -0.0482. The Balaban J connectivity index is 1.96. The van der Waals surface area contributed by atoms with Gasteiger partial charge < -0.3 is 5.73 Å². The van der Waals surface area contributed by atoms with Crippen LogP contribution in [0.25, 0.3) is 0 Å². The Morgan fingerprint density at radius 1 is 1.19 bits per heavy atom. The van der Waals surface area contributed by atoms with Crippen molar-refractivity contribution in [2.75, 3.05) is 0 Å². The molecule has 2 N–H and O–H groups in total. The number of fused-ring (bicyclic) bond motifs is 3. The van der Waals surface area contributed by atoms with Gasteiger partial charge in [-0.25, -0.2) is 0 Å². The van der Waals surface area contributed by atoms with E-state index in [1.807, 2.05) is 6.08 Å². The van der Waals surface area contributed by atoms with E-state index in [0.717, 1.165) is 23.7 Å². The van der Waals surface area contributed by atoms with E-state index in [1.165, 1.54) is 56.9 Å². The highest BCUT2D eigenvalue weighted by atomic mass is 14.7. The number of allylic oxidation sites excluding steroid dienone is 4. The minimum absolute atomic E-state index is 0.217. The summed E-state index contributed by atoms with van der Waals surface area (Å²) < 4.78 is 0. The van der Waals surface area contributed by atoms with Gasteiger partial charge in [-0.15, -0.1) is 0 Å². The topological polar surface area (TPSA) is 26.0 Å². The van der Waals surface area contributed by atoms with E-state index in [2.05, 4.69) is 53.3 Å². The van der Waals surface area contributed by atoms with Gasteiger partial charge in [-0.3, -0.25) is 0 Å². The van der Waals surface area contributed by atoms with Crippen LogP contribution < -0.4 is 5.73 Å². The van der Waals surface area contributed by atoms with E-state index in [1.54, 1.807) is 5.57 Å². The van der Waals surface area contributed by atoms with Crippen LogP contribution in [0.4, 0.5) is 0 Å². The molecular formula is C26H43N. The first-order valence-corrected chi connectivity index (χ1v) is 11.6. The Kier molecular flexibility index (Phi) is 6.11. The third kappa shape index (κ3) is 3.28. The minimum Gasteiger partial charge on any atom is -0.324 e. The zero-order chi connectivity index (χ0) is 19.8. The van der Waals surface area contributed by atoms with Gasteiger partial charge in [0.15, 0.2) is 0 Å². The standard InChI is InChI=1S/C26H43N/c1-7-10-18(4)20-12-13-21-19-17-24(27)23(11-8-2)25(5,15-9-3)22(19)14-16-26(20,21)6/h8,10-11,19-22,24H,2,7,9,12-17,27H2,1,3-6H3/b18-10+,23-11-. The summed E-state index contributed by atoms with van der Waals surface area (Å²) in [6, 6.07) is 0.217. The molecule has 0 spiro atoms. The summed E-state index contributed by atoms with van der Waals surface area (Å²) in [4.78, 5) is 0. The molecule has 1 heteroatoms. The Morgan fingerprint density at radius 2 is 1.93 bits per heavy atom. The Bertz CT molecular complexity index is 614. The van der Waals surface area contributed by atoms with Crippen molar-refractivity contribution in [2.24, 2.45) is 40.2 Å². The zero-order valence-electron chi connectivity index (χ0n) is 18.6. The molecule has 7 unspecified atom stereocenters. The van der Waals surface area contributed by atoms with E-state index >= 15 is 0 Å². The average Bonchev–Trinajstić information content (AvgIpc) is 2.97. The van der Waals surface area contributed by atoms with Gasteiger partial charge in [0.05, 0.1) is 0 Å². The monoisotopic (exact) mass is 369 g/mol. The van der Waals surface area contributed by atoms with Crippen molar-refractivity contribution in [3.05, 3.63) is 36.0 Å². The molecule has 3 aliphatic rings. The Hall–Kier alpha value is -0.820. The molecule has 0 aliphatic heterocycles. The van der Waals surface area contributed by atoms with Crippen molar-refractivity contribution in [3.8, 4) is 0 Å². The summed E-state index contributed by atoms with van der Waals surface area (Å²) in [6.45, 7) is 16.1. The fourth-order valence-corrected chi connectivity index (χ4v) is 7.97. The maximum absolute atomic E-state index is 6.82. The van der Waals surface area contributed by atoms with Gasteiger partial charge in [0.1, 0.15) is 0 Å². The van der Waals surface area contributed by atoms with Gasteiger partial charge >= 0.3 is 0 Å². The van der Waals surface area contributed by atoms with Crippen LogP contribution in [0.2, 0.25) is 0 Å². The second kappa shape index (κ2) is 7.90. The smallest absolute Gasteiger partial charge is 0.0265 e. The lowest BCUT2D eigenvalue weighted by Crippen LogP contribution is -2.54. The highest BCUT2D eigenvalue weighted by Crippen LogP contribution is 2.66. The fourth-order valence-electron chi connectivity index (χ4n) is 7.97. The Morgan fingerprint density at radius 3 is 2.56 bits per heavy atom. The van der Waals surface area contributed by atoms with Crippen LogP contribution in [0.3, 0.4) is 0 Å². The summed E-state index contributed by atoms with van der Waals surface area (Å²) >= 11 is 0. The van der Waals surface area contributed by atoms with Crippen LogP contribution in [-0.4, -0.2) is 6.04 Å². The summed E-state index contributed by atoms with van der Waals surface area (Å²) in [7, 11) is 0. The first-order chi connectivity index (χ1) is 12.8. The van der Waals surface area contributed by atoms with Crippen molar-refractivity contribution >= 4 is 0 Å². The largest absolute Gasteiger partial charge is 0.324 e. The van der Waals surface area contributed by atoms with Crippen LogP contribution >= 0.6 is 0 Å². The lowest BCUT2D eigenvalue weighted by atomic mass is 9.46. The summed E-state index contributed by atoms with van der Waals surface area (Å²) in [5.41, 5.74) is 10.7. The van der Waals surface area contributed by atoms with E-state index in [0.29, 0.717) is 5.41 Å². The molecule has 0 amide bonds. The van der Waals surface area contributed by atoms with Gasteiger partial charge in [0, 0.05) is 6.04 Å². The van der Waals surface area contributed by atoms with E-state index in [9.17, 15) is 0 Å². The normalized spacial score (nSPS) is 46.2. The van der Waals surface area contributed by atoms with Gasteiger partial charge in [-0.2, -0.15) is 0 Å². The predicted molar refractivity (Wildman–Crippen MR) is 118 cm³/mol. The van der Waals surface area contributed by atoms with Crippen molar-refractivity contribution in [1.82, 2.24) is 0 Å².